The van der Waals surface area contributed by atoms with Crippen LogP contribution in [0.4, 0.5) is 0 Å². The van der Waals surface area contributed by atoms with Crippen molar-refractivity contribution in [3.63, 3.8) is 0 Å². The van der Waals surface area contributed by atoms with Gasteiger partial charge in [0.05, 0.1) is 6.61 Å². The van der Waals surface area contributed by atoms with Gasteiger partial charge < -0.3 is 15.3 Å². The summed E-state index contributed by atoms with van der Waals surface area (Å²) in [4.78, 5) is 5.38. The highest BCUT2D eigenvalue weighted by atomic mass is 16.3. The molecule has 3 fully saturated rings. The lowest BCUT2D eigenvalue weighted by Crippen LogP contribution is -2.50. The standard InChI is InChI=1S/C17H33N3O/c1-18-17(14-21)8-4-5-15(17)6-11-19-12-7-16(13-19)20-9-2-3-10-20/h15-16,18,21H,2-14H2,1H3. The van der Waals surface area contributed by atoms with Gasteiger partial charge in [0, 0.05) is 18.1 Å². The fourth-order valence-electron chi connectivity index (χ4n) is 4.94. The van der Waals surface area contributed by atoms with Crippen LogP contribution in [0.25, 0.3) is 0 Å². The van der Waals surface area contributed by atoms with Crippen LogP contribution in [-0.2, 0) is 0 Å². The maximum Gasteiger partial charge on any atom is 0.0615 e. The predicted molar refractivity (Wildman–Crippen MR) is 86.5 cm³/mol. The number of hydrogen-bond donors (Lipinski definition) is 2. The zero-order chi connectivity index (χ0) is 14.7. The molecule has 3 rings (SSSR count). The summed E-state index contributed by atoms with van der Waals surface area (Å²) in [6.45, 7) is 6.73. The molecule has 4 heteroatoms. The average molecular weight is 295 g/mol. The van der Waals surface area contributed by atoms with Gasteiger partial charge in [-0.1, -0.05) is 6.42 Å². The molecule has 2 saturated heterocycles. The van der Waals surface area contributed by atoms with Gasteiger partial charge in [0.1, 0.15) is 0 Å². The van der Waals surface area contributed by atoms with Crippen molar-refractivity contribution in [2.24, 2.45) is 5.92 Å². The van der Waals surface area contributed by atoms with Gasteiger partial charge in [-0.3, -0.25) is 4.90 Å². The molecule has 0 aromatic carbocycles. The average Bonchev–Trinajstić information content (AvgIpc) is 3.24. The number of aliphatic hydroxyl groups excluding tert-OH is 1. The van der Waals surface area contributed by atoms with E-state index in [2.05, 4.69) is 15.1 Å². The van der Waals surface area contributed by atoms with Gasteiger partial charge in [-0.05, 0) is 77.7 Å². The Kier molecular flexibility index (Phi) is 5.20. The molecular weight excluding hydrogens is 262 g/mol. The van der Waals surface area contributed by atoms with Crippen molar-refractivity contribution in [2.45, 2.75) is 56.5 Å². The molecule has 0 spiro atoms. The summed E-state index contributed by atoms with van der Waals surface area (Å²) in [5.41, 5.74) is 0.00801. The molecule has 1 saturated carbocycles. The Labute approximate surface area is 129 Å². The van der Waals surface area contributed by atoms with E-state index in [1.807, 2.05) is 7.05 Å². The number of nitrogens with zero attached hydrogens (tertiary/aromatic N) is 2. The van der Waals surface area contributed by atoms with Crippen molar-refractivity contribution < 1.29 is 5.11 Å². The second-order valence-electron chi connectivity index (χ2n) is 7.43. The monoisotopic (exact) mass is 295 g/mol. The molecule has 0 aromatic rings. The lowest BCUT2D eigenvalue weighted by atomic mass is 9.85. The van der Waals surface area contributed by atoms with Crippen LogP contribution in [0.1, 0.15) is 44.9 Å². The first kappa shape index (κ1) is 15.7. The van der Waals surface area contributed by atoms with Gasteiger partial charge in [0.2, 0.25) is 0 Å². The topological polar surface area (TPSA) is 38.7 Å². The van der Waals surface area contributed by atoms with Crippen LogP contribution in [0.2, 0.25) is 0 Å². The van der Waals surface area contributed by atoms with E-state index < -0.39 is 0 Å². The van der Waals surface area contributed by atoms with E-state index in [-0.39, 0.29) is 5.54 Å². The van der Waals surface area contributed by atoms with Crippen molar-refractivity contribution in [2.75, 3.05) is 46.4 Å². The quantitative estimate of drug-likeness (QED) is 0.775. The van der Waals surface area contributed by atoms with Crippen LogP contribution in [0, 0.1) is 5.92 Å². The zero-order valence-electron chi connectivity index (χ0n) is 13.7. The molecule has 21 heavy (non-hydrogen) atoms. The Morgan fingerprint density at radius 1 is 1.14 bits per heavy atom. The lowest BCUT2D eigenvalue weighted by molar-refractivity contribution is 0.119. The normalized spacial score (nSPS) is 38.6. The second kappa shape index (κ2) is 6.95. The summed E-state index contributed by atoms with van der Waals surface area (Å²) in [5, 5.41) is 13.2. The summed E-state index contributed by atoms with van der Waals surface area (Å²) < 4.78 is 0. The molecule has 0 aromatic heterocycles. The lowest BCUT2D eigenvalue weighted by Gasteiger charge is -2.34. The van der Waals surface area contributed by atoms with Crippen LogP contribution >= 0.6 is 0 Å². The number of nitrogens with one attached hydrogen (secondary N) is 1. The first-order chi connectivity index (χ1) is 10.3. The first-order valence-corrected chi connectivity index (χ1v) is 9.03. The van der Waals surface area contributed by atoms with Gasteiger partial charge >= 0.3 is 0 Å². The van der Waals surface area contributed by atoms with Crippen LogP contribution in [0.5, 0.6) is 0 Å². The van der Waals surface area contributed by atoms with E-state index in [4.69, 9.17) is 0 Å². The minimum atomic E-state index is 0.00801. The highest BCUT2D eigenvalue weighted by Gasteiger charge is 2.41. The number of rotatable bonds is 6. The highest BCUT2D eigenvalue weighted by molar-refractivity contribution is 4.98. The van der Waals surface area contributed by atoms with E-state index in [0.29, 0.717) is 12.5 Å². The molecule has 2 N–H and O–H groups in total. The van der Waals surface area contributed by atoms with E-state index >= 15 is 0 Å². The maximum absolute atomic E-state index is 9.78. The molecule has 3 atom stereocenters. The van der Waals surface area contributed by atoms with Crippen LogP contribution in [0.15, 0.2) is 0 Å². The van der Waals surface area contributed by atoms with Crippen LogP contribution in [0.3, 0.4) is 0 Å². The Hall–Kier alpha value is -0.160. The number of likely N-dealkylation sites (tertiary alicyclic amines) is 2. The van der Waals surface area contributed by atoms with Crippen molar-refractivity contribution >= 4 is 0 Å². The summed E-state index contributed by atoms with van der Waals surface area (Å²) in [6.07, 6.45) is 9.10. The van der Waals surface area contributed by atoms with Crippen molar-refractivity contribution in [3.05, 3.63) is 0 Å². The van der Waals surface area contributed by atoms with Crippen LogP contribution < -0.4 is 5.32 Å². The number of aliphatic hydroxyl groups is 1. The minimum Gasteiger partial charge on any atom is -0.394 e. The molecular formula is C17H33N3O. The largest absolute Gasteiger partial charge is 0.394 e. The SMILES string of the molecule is CNC1(CO)CCCC1CCN1CCC(N2CCCC2)C1. The van der Waals surface area contributed by atoms with Gasteiger partial charge in [-0.15, -0.1) is 0 Å². The van der Waals surface area contributed by atoms with Gasteiger partial charge in [0.15, 0.2) is 0 Å². The van der Waals surface area contributed by atoms with E-state index in [0.717, 1.165) is 12.5 Å². The second-order valence-corrected chi connectivity index (χ2v) is 7.43. The smallest absolute Gasteiger partial charge is 0.0615 e. The molecule has 0 amide bonds. The third kappa shape index (κ3) is 3.29. The first-order valence-electron chi connectivity index (χ1n) is 9.03. The summed E-state index contributed by atoms with van der Waals surface area (Å²) in [5.74, 6) is 0.651. The minimum absolute atomic E-state index is 0.00801. The fourth-order valence-corrected chi connectivity index (χ4v) is 4.94. The Morgan fingerprint density at radius 3 is 2.67 bits per heavy atom. The highest BCUT2D eigenvalue weighted by Crippen LogP contribution is 2.37. The summed E-state index contributed by atoms with van der Waals surface area (Å²) in [6, 6.07) is 0.822. The summed E-state index contributed by atoms with van der Waals surface area (Å²) >= 11 is 0. The molecule has 0 bridgehead atoms. The molecule has 0 radical (unpaired) electrons. The Bertz CT molecular complexity index is 326. The van der Waals surface area contributed by atoms with E-state index in [1.165, 1.54) is 71.2 Å². The van der Waals surface area contributed by atoms with Crippen LogP contribution in [-0.4, -0.2) is 72.9 Å². The van der Waals surface area contributed by atoms with Crippen molar-refractivity contribution in [1.29, 1.82) is 0 Å². The van der Waals surface area contributed by atoms with E-state index in [9.17, 15) is 5.11 Å². The van der Waals surface area contributed by atoms with Gasteiger partial charge in [0.25, 0.3) is 0 Å². The molecule has 1 aliphatic carbocycles. The molecule has 2 aliphatic heterocycles. The Morgan fingerprint density at radius 2 is 1.95 bits per heavy atom. The molecule has 4 nitrogen and oxygen atoms in total. The number of likely N-dealkylation sites (N-methyl/N-ethyl adjacent to an activating group) is 1. The third-order valence-electron chi connectivity index (χ3n) is 6.44. The van der Waals surface area contributed by atoms with Gasteiger partial charge in [-0.25, -0.2) is 0 Å². The van der Waals surface area contributed by atoms with Crippen molar-refractivity contribution in [1.82, 2.24) is 15.1 Å². The van der Waals surface area contributed by atoms with E-state index in [1.54, 1.807) is 0 Å². The van der Waals surface area contributed by atoms with Crippen molar-refractivity contribution in [3.8, 4) is 0 Å². The molecule has 122 valence electrons. The fraction of sp³-hybridized carbons (Fsp3) is 1.00. The number of hydrogen-bond acceptors (Lipinski definition) is 4. The maximum atomic E-state index is 9.78. The summed E-state index contributed by atoms with van der Waals surface area (Å²) in [7, 11) is 2.02. The Balaban J connectivity index is 1.45. The zero-order valence-corrected chi connectivity index (χ0v) is 13.7. The van der Waals surface area contributed by atoms with Gasteiger partial charge in [-0.2, -0.15) is 0 Å². The molecule has 3 aliphatic rings. The molecule has 2 heterocycles. The third-order valence-corrected chi connectivity index (χ3v) is 6.44. The predicted octanol–water partition coefficient (Wildman–Crippen LogP) is 1.30. The molecule has 3 unspecified atom stereocenters.